The highest BCUT2D eigenvalue weighted by atomic mass is 19.1. The Bertz CT molecular complexity index is 2030. The fraction of sp³-hybridized carbons (Fsp3) is 0.382. The highest BCUT2D eigenvalue weighted by Gasteiger charge is 2.29. The first-order valence-electron chi connectivity index (χ1n) is 15.4. The zero-order chi connectivity index (χ0) is 33.7. The fourth-order valence-electron chi connectivity index (χ4n) is 5.93. The van der Waals surface area contributed by atoms with Crippen molar-refractivity contribution < 1.29 is 23.4 Å². The first-order valence-corrected chi connectivity index (χ1v) is 15.4. The van der Waals surface area contributed by atoms with Gasteiger partial charge in [-0.25, -0.2) is 23.5 Å². The Morgan fingerprint density at radius 1 is 1.17 bits per heavy atom. The van der Waals surface area contributed by atoms with Gasteiger partial charge in [-0.3, -0.25) is 9.08 Å². The lowest BCUT2D eigenvalue weighted by molar-refractivity contribution is 0.0499. The number of rotatable bonds is 6. The molecule has 1 atom stereocenters. The maximum atomic E-state index is 16.2. The van der Waals surface area contributed by atoms with Crippen molar-refractivity contribution in [3.8, 4) is 28.6 Å². The number of aliphatic hydroxyl groups is 1. The van der Waals surface area contributed by atoms with E-state index >= 15 is 4.39 Å². The van der Waals surface area contributed by atoms with Gasteiger partial charge in [-0.05, 0) is 65.7 Å². The summed E-state index contributed by atoms with van der Waals surface area (Å²) < 4.78 is 39.9. The minimum absolute atomic E-state index is 0.120. The van der Waals surface area contributed by atoms with E-state index in [9.17, 15) is 19.6 Å². The van der Waals surface area contributed by atoms with Gasteiger partial charge >= 0.3 is 6.09 Å². The number of carbonyl (C=O) groups excluding carboxylic acids is 1. The molecule has 0 bridgehead atoms. The number of ether oxygens (including phenoxy) is 1. The summed E-state index contributed by atoms with van der Waals surface area (Å²) in [7, 11) is 0. The molecule has 6 rings (SSSR count). The van der Waals surface area contributed by atoms with E-state index in [0.717, 1.165) is 12.8 Å². The summed E-state index contributed by atoms with van der Waals surface area (Å²) in [6, 6.07) is 8.83. The number of nitrogens with zero attached hydrogens (tertiary/aromatic N) is 7. The van der Waals surface area contributed by atoms with E-state index in [0.29, 0.717) is 52.4 Å². The van der Waals surface area contributed by atoms with Crippen LogP contribution in [-0.4, -0.2) is 65.7 Å². The second-order valence-electron chi connectivity index (χ2n) is 13.5. The lowest BCUT2D eigenvalue weighted by Gasteiger charge is -2.34. The molecule has 0 spiro atoms. The molecule has 1 aliphatic rings. The van der Waals surface area contributed by atoms with Crippen molar-refractivity contribution in [2.75, 3.05) is 18.0 Å². The van der Waals surface area contributed by atoms with Crippen LogP contribution < -0.4 is 10.2 Å². The molecule has 2 aromatic carbocycles. The second kappa shape index (κ2) is 11.9. The molecular formula is C34H36F2N8O3. The summed E-state index contributed by atoms with van der Waals surface area (Å²) in [4.78, 5) is 24.1. The van der Waals surface area contributed by atoms with E-state index in [1.54, 1.807) is 74.4 Å². The summed E-state index contributed by atoms with van der Waals surface area (Å²) in [6.45, 7) is 9.96. The topological polar surface area (TPSA) is 134 Å². The third-order valence-corrected chi connectivity index (χ3v) is 7.85. The minimum Gasteiger partial charge on any atom is -0.444 e. The monoisotopic (exact) mass is 642 g/mol. The number of hydrogen-bond acceptors (Lipinski definition) is 8. The molecule has 3 aromatic heterocycles. The van der Waals surface area contributed by atoms with Gasteiger partial charge in [0.05, 0.1) is 40.8 Å². The predicted octanol–water partition coefficient (Wildman–Crippen LogP) is 5.83. The van der Waals surface area contributed by atoms with Crippen molar-refractivity contribution in [2.45, 2.75) is 71.2 Å². The molecule has 5 aromatic rings. The standard InChI is InChI=1S/C34H36F2N8O3/c1-33(2,3)47-32(45)40-23-7-6-11-42(18-23)30-31-41-28(20-8-9-21(16-37)25(35)14-20)29(43(31)12-10-38-30)24-13-22-17-39-44(19-34(4,5)46)27(22)15-26(24)36/h8-10,12-15,17,23,46H,6-7,11,18-19H2,1-5H3,(H,40,45)/t23-/m1/s1. The van der Waals surface area contributed by atoms with Crippen molar-refractivity contribution in [2.24, 2.45) is 0 Å². The van der Waals surface area contributed by atoms with Crippen molar-refractivity contribution >= 4 is 28.5 Å². The highest BCUT2D eigenvalue weighted by Crippen LogP contribution is 2.38. The first-order chi connectivity index (χ1) is 22.2. The zero-order valence-electron chi connectivity index (χ0n) is 26.9. The molecule has 0 unspecified atom stereocenters. The Labute approximate surface area is 270 Å². The van der Waals surface area contributed by atoms with E-state index in [4.69, 9.17) is 9.72 Å². The molecule has 0 radical (unpaired) electrons. The Morgan fingerprint density at radius 3 is 2.66 bits per heavy atom. The second-order valence-corrected chi connectivity index (χ2v) is 13.5. The number of carbonyl (C=O) groups is 1. The van der Waals surface area contributed by atoms with Gasteiger partial charge in [0.1, 0.15) is 23.3 Å². The van der Waals surface area contributed by atoms with Gasteiger partial charge < -0.3 is 20.1 Å². The smallest absolute Gasteiger partial charge is 0.407 e. The normalized spacial score (nSPS) is 15.6. The van der Waals surface area contributed by atoms with Gasteiger partial charge in [-0.2, -0.15) is 10.4 Å². The summed E-state index contributed by atoms with van der Waals surface area (Å²) in [5.74, 6) is -0.767. The Balaban J connectivity index is 1.47. The number of nitrogens with one attached hydrogen (secondary N) is 1. The molecular weight excluding hydrogens is 606 g/mol. The van der Waals surface area contributed by atoms with Gasteiger partial charge in [-0.15, -0.1) is 0 Å². The first kappa shape index (κ1) is 31.9. The van der Waals surface area contributed by atoms with E-state index in [1.165, 1.54) is 18.2 Å². The average Bonchev–Trinajstić information content (AvgIpc) is 3.55. The highest BCUT2D eigenvalue weighted by molar-refractivity contribution is 5.90. The maximum Gasteiger partial charge on any atom is 0.407 e. The number of fused-ring (bicyclic) bond motifs is 2. The minimum atomic E-state index is -1.07. The van der Waals surface area contributed by atoms with Crippen LogP contribution in [0.4, 0.5) is 19.4 Å². The zero-order valence-corrected chi connectivity index (χ0v) is 26.9. The molecule has 2 N–H and O–H groups in total. The Hall–Kier alpha value is -5.09. The quantitative estimate of drug-likeness (QED) is 0.237. The summed E-state index contributed by atoms with van der Waals surface area (Å²) in [6.07, 6.45) is 5.89. The number of benzene rings is 2. The number of imidazole rings is 1. The van der Waals surface area contributed by atoms with Crippen LogP contribution >= 0.6 is 0 Å². The Morgan fingerprint density at radius 2 is 1.96 bits per heavy atom. The van der Waals surface area contributed by atoms with Crippen LogP contribution in [0.2, 0.25) is 0 Å². The SMILES string of the molecule is CC(C)(O)Cn1ncc2cc(-c3c(-c4ccc(C#N)c(F)c4)nc4c(N5CCC[C@@H](NC(=O)OC(C)(C)C)C5)nccn34)c(F)cc21. The van der Waals surface area contributed by atoms with Crippen LogP contribution in [-0.2, 0) is 11.3 Å². The largest absolute Gasteiger partial charge is 0.444 e. The van der Waals surface area contributed by atoms with Crippen LogP contribution in [0.3, 0.4) is 0 Å². The Kier molecular flexibility index (Phi) is 8.09. The number of nitriles is 1. The molecule has 0 aliphatic carbocycles. The fourth-order valence-corrected chi connectivity index (χ4v) is 5.93. The van der Waals surface area contributed by atoms with Crippen molar-refractivity contribution in [3.05, 3.63) is 66.1 Å². The third-order valence-electron chi connectivity index (χ3n) is 7.85. The van der Waals surface area contributed by atoms with Crippen molar-refractivity contribution in [3.63, 3.8) is 0 Å². The van der Waals surface area contributed by atoms with E-state index in [1.807, 2.05) is 11.0 Å². The lowest BCUT2D eigenvalue weighted by atomic mass is 10.0. The van der Waals surface area contributed by atoms with Crippen LogP contribution in [0.15, 0.2) is 48.9 Å². The molecule has 13 heteroatoms. The molecule has 4 heterocycles. The number of piperidine rings is 1. The average molecular weight is 643 g/mol. The molecule has 47 heavy (non-hydrogen) atoms. The van der Waals surface area contributed by atoms with Crippen molar-refractivity contribution in [1.29, 1.82) is 5.26 Å². The van der Waals surface area contributed by atoms with Crippen LogP contribution in [0.25, 0.3) is 39.1 Å². The van der Waals surface area contributed by atoms with Gasteiger partial charge in [-0.1, -0.05) is 6.07 Å². The molecule has 1 saturated heterocycles. The molecule has 1 fully saturated rings. The van der Waals surface area contributed by atoms with Gasteiger partial charge in [0, 0.05) is 54.1 Å². The van der Waals surface area contributed by atoms with E-state index in [-0.39, 0.29) is 23.7 Å². The third kappa shape index (κ3) is 6.59. The number of alkyl carbamates (subject to hydrolysis) is 1. The summed E-state index contributed by atoms with van der Waals surface area (Å²) in [5.41, 5.74) is 0.315. The number of hydrogen-bond donors (Lipinski definition) is 2. The summed E-state index contributed by atoms with van der Waals surface area (Å²) in [5, 5.41) is 27.6. The van der Waals surface area contributed by atoms with Gasteiger partial charge in [0.25, 0.3) is 0 Å². The molecule has 1 aliphatic heterocycles. The number of amides is 1. The van der Waals surface area contributed by atoms with Gasteiger partial charge in [0.15, 0.2) is 11.5 Å². The number of halogens is 2. The predicted molar refractivity (Wildman–Crippen MR) is 173 cm³/mol. The van der Waals surface area contributed by atoms with E-state index < -0.39 is 28.9 Å². The van der Waals surface area contributed by atoms with Crippen LogP contribution in [0.5, 0.6) is 0 Å². The molecule has 244 valence electrons. The number of anilines is 1. The summed E-state index contributed by atoms with van der Waals surface area (Å²) >= 11 is 0. The maximum absolute atomic E-state index is 16.2. The molecule has 11 nitrogen and oxygen atoms in total. The van der Waals surface area contributed by atoms with Gasteiger partial charge in [0.2, 0.25) is 0 Å². The van der Waals surface area contributed by atoms with Crippen LogP contribution in [0.1, 0.15) is 53.0 Å². The van der Waals surface area contributed by atoms with E-state index in [2.05, 4.69) is 15.4 Å². The van der Waals surface area contributed by atoms with Crippen molar-refractivity contribution in [1.82, 2.24) is 29.5 Å². The number of aromatic nitrogens is 5. The lowest BCUT2D eigenvalue weighted by Crippen LogP contribution is -2.49. The molecule has 1 amide bonds. The van der Waals surface area contributed by atoms with Crippen LogP contribution in [0, 0.1) is 23.0 Å². The molecule has 0 saturated carbocycles.